The minimum absolute atomic E-state index is 0.266. The fourth-order valence-electron chi connectivity index (χ4n) is 2.39. The lowest BCUT2D eigenvalue weighted by Gasteiger charge is -2.16. The van der Waals surface area contributed by atoms with Crippen molar-refractivity contribution in [3.63, 3.8) is 0 Å². The summed E-state index contributed by atoms with van der Waals surface area (Å²) in [6.45, 7) is 5.11. The van der Waals surface area contributed by atoms with Gasteiger partial charge in [0.05, 0.1) is 12.2 Å². The van der Waals surface area contributed by atoms with E-state index in [0.717, 1.165) is 24.8 Å². The van der Waals surface area contributed by atoms with Crippen LogP contribution in [0.5, 0.6) is 5.75 Å². The van der Waals surface area contributed by atoms with Crippen LogP contribution in [0.4, 0.5) is 0 Å². The summed E-state index contributed by atoms with van der Waals surface area (Å²) < 4.78 is 5.60. The van der Waals surface area contributed by atoms with Crippen molar-refractivity contribution in [3.05, 3.63) is 29.8 Å². The number of rotatable bonds is 8. The van der Waals surface area contributed by atoms with E-state index in [1.165, 1.54) is 13.0 Å². The number of ether oxygens (including phenoxy) is 1. The van der Waals surface area contributed by atoms with Gasteiger partial charge in [-0.25, -0.2) is 4.79 Å². The number of hydrogen-bond donors (Lipinski definition) is 1. The Morgan fingerprint density at radius 2 is 2.25 bits per heavy atom. The van der Waals surface area contributed by atoms with E-state index in [1.54, 1.807) is 24.3 Å². The van der Waals surface area contributed by atoms with E-state index in [0.29, 0.717) is 12.4 Å². The molecule has 1 saturated carbocycles. The van der Waals surface area contributed by atoms with Crippen molar-refractivity contribution in [2.75, 3.05) is 26.7 Å². The first-order valence-electron chi connectivity index (χ1n) is 7.21. The zero-order valence-corrected chi connectivity index (χ0v) is 12.2. The van der Waals surface area contributed by atoms with E-state index in [-0.39, 0.29) is 5.56 Å². The van der Waals surface area contributed by atoms with E-state index >= 15 is 0 Å². The van der Waals surface area contributed by atoms with Crippen LogP contribution < -0.4 is 4.74 Å². The molecule has 0 saturated heterocycles. The molecule has 0 bridgehead atoms. The first-order chi connectivity index (χ1) is 9.56. The van der Waals surface area contributed by atoms with Gasteiger partial charge < -0.3 is 14.7 Å². The first kappa shape index (κ1) is 14.9. The Balaban J connectivity index is 1.65. The second kappa shape index (κ2) is 6.75. The van der Waals surface area contributed by atoms with Gasteiger partial charge in [0, 0.05) is 13.1 Å². The van der Waals surface area contributed by atoms with Crippen LogP contribution in [0, 0.1) is 11.8 Å². The van der Waals surface area contributed by atoms with Crippen molar-refractivity contribution < 1.29 is 14.6 Å². The molecule has 20 heavy (non-hydrogen) atoms. The molecule has 1 aromatic carbocycles. The largest absolute Gasteiger partial charge is 0.494 e. The monoisotopic (exact) mass is 277 g/mol. The molecule has 1 aliphatic carbocycles. The summed E-state index contributed by atoms with van der Waals surface area (Å²) in [5, 5.41) is 8.90. The Kier molecular flexibility index (Phi) is 5.01. The van der Waals surface area contributed by atoms with Gasteiger partial charge in [-0.15, -0.1) is 0 Å². The van der Waals surface area contributed by atoms with Crippen molar-refractivity contribution in [2.45, 2.75) is 19.8 Å². The predicted octanol–water partition coefficient (Wildman–Crippen LogP) is 2.74. The van der Waals surface area contributed by atoms with E-state index in [9.17, 15) is 4.79 Å². The second-order valence-electron chi connectivity index (χ2n) is 5.77. The normalized spacial score (nSPS) is 20.9. The lowest BCUT2D eigenvalue weighted by Crippen LogP contribution is -2.24. The quantitative estimate of drug-likeness (QED) is 0.742. The van der Waals surface area contributed by atoms with Crippen molar-refractivity contribution in [3.8, 4) is 5.75 Å². The third-order valence-electron chi connectivity index (χ3n) is 3.86. The molecule has 0 aromatic heterocycles. The molecule has 1 fully saturated rings. The van der Waals surface area contributed by atoms with Crippen molar-refractivity contribution in [2.24, 2.45) is 11.8 Å². The minimum Gasteiger partial charge on any atom is -0.494 e. The molecule has 0 heterocycles. The highest BCUT2D eigenvalue weighted by molar-refractivity contribution is 5.87. The molecule has 2 atom stereocenters. The molecule has 0 aliphatic heterocycles. The molecular formula is C16H23NO3. The van der Waals surface area contributed by atoms with Crippen LogP contribution in [-0.4, -0.2) is 42.7 Å². The van der Waals surface area contributed by atoms with Crippen LogP contribution in [0.25, 0.3) is 0 Å². The molecular weight excluding hydrogens is 254 g/mol. The number of carboxylic acid groups (broad SMARTS) is 1. The number of benzene rings is 1. The lowest BCUT2D eigenvalue weighted by atomic mass is 10.2. The van der Waals surface area contributed by atoms with Crippen LogP contribution in [0.2, 0.25) is 0 Å². The Labute approximate surface area is 120 Å². The predicted molar refractivity (Wildman–Crippen MR) is 78.3 cm³/mol. The molecule has 1 aliphatic rings. The summed E-state index contributed by atoms with van der Waals surface area (Å²) in [5.74, 6) is 1.48. The molecule has 2 rings (SSSR count). The summed E-state index contributed by atoms with van der Waals surface area (Å²) in [6, 6.07) is 6.64. The van der Waals surface area contributed by atoms with E-state index < -0.39 is 5.97 Å². The van der Waals surface area contributed by atoms with Crippen molar-refractivity contribution in [1.29, 1.82) is 0 Å². The number of carbonyl (C=O) groups is 1. The number of carboxylic acids is 1. The molecule has 1 aromatic rings. The molecule has 0 radical (unpaired) electrons. The number of hydrogen-bond acceptors (Lipinski definition) is 3. The van der Waals surface area contributed by atoms with Gasteiger partial charge in [-0.2, -0.15) is 0 Å². The Hall–Kier alpha value is -1.55. The highest BCUT2D eigenvalue weighted by atomic mass is 16.5. The standard InChI is InChI=1S/C16H23NO3/c1-12-9-14(12)11-17(2)7-4-8-20-15-6-3-5-13(10-15)16(18)19/h3,5-6,10,12,14H,4,7-9,11H2,1-2H3,(H,18,19). The summed E-state index contributed by atoms with van der Waals surface area (Å²) in [5.41, 5.74) is 0.266. The van der Waals surface area contributed by atoms with Crippen LogP contribution >= 0.6 is 0 Å². The summed E-state index contributed by atoms with van der Waals surface area (Å²) >= 11 is 0. The van der Waals surface area contributed by atoms with Gasteiger partial charge in [-0.1, -0.05) is 13.0 Å². The van der Waals surface area contributed by atoms with Crippen LogP contribution in [0.3, 0.4) is 0 Å². The Morgan fingerprint density at radius 3 is 2.90 bits per heavy atom. The van der Waals surface area contributed by atoms with Crippen LogP contribution in [0.15, 0.2) is 24.3 Å². The van der Waals surface area contributed by atoms with E-state index in [2.05, 4.69) is 18.9 Å². The van der Waals surface area contributed by atoms with Gasteiger partial charge in [-0.05, 0) is 49.9 Å². The molecule has 0 spiro atoms. The third kappa shape index (κ3) is 4.53. The molecule has 4 heteroatoms. The molecule has 1 N–H and O–H groups in total. The molecule has 4 nitrogen and oxygen atoms in total. The average Bonchev–Trinajstić information content (AvgIpc) is 3.10. The van der Waals surface area contributed by atoms with Crippen LogP contribution in [0.1, 0.15) is 30.1 Å². The fraction of sp³-hybridized carbons (Fsp3) is 0.562. The van der Waals surface area contributed by atoms with Gasteiger partial charge in [-0.3, -0.25) is 0 Å². The van der Waals surface area contributed by atoms with E-state index in [1.807, 2.05) is 0 Å². The Morgan fingerprint density at radius 1 is 1.50 bits per heavy atom. The van der Waals surface area contributed by atoms with Crippen molar-refractivity contribution >= 4 is 5.97 Å². The SMILES string of the molecule is CC1CC1CN(C)CCCOc1cccc(C(=O)O)c1. The maximum Gasteiger partial charge on any atom is 0.335 e. The zero-order valence-electron chi connectivity index (χ0n) is 12.2. The highest BCUT2D eigenvalue weighted by Crippen LogP contribution is 2.37. The van der Waals surface area contributed by atoms with Gasteiger partial charge >= 0.3 is 5.97 Å². The smallest absolute Gasteiger partial charge is 0.335 e. The second-order valence-corrected chi connectivity index (χ2v) is 5.77. The average molecular weight is 277 g/mol. The van der Waals surface area contributed by atoms with E-state index in [4.69, 9.17) is 9.84 Å². The van der Waals surface area contributed by atoms with Gasteiger partial charge in [0.15, 0.2) is 0 Å². The van der Waals surface area contributed by atoms with Gasteiger partial charge in [0.1, 0.15) is 5.75 Å². The minimum atomic E-state index is -0.922. The summed E-state index contributed by atoms with van der Waals surface area (Å²) in [4.78, 5) is 13.2. The van der Waals surface area contributed by atoms with Crippen molar-refractivity contribution in [1.82, 2.24) is 4.90 Å². The maximum atomic E-state index is 10.8. The molecule has 110 valence electrons. The zero-order chi connectivity index (χ0) is 14.5. The third-order valence-corrected chi connectivity index (χ3v) is 3.86. The lowest BCUT2D eigenvalue weighted by molar-refractivity contribution is 0.0696. The maximum absolute atomic E-state index is 10.8. The van der Waals surface area contributed by atoms with Gasteiger partial charge in [0.2, 0.25) is 0 Å². The highest BCUT2D eigenvalue weighted by Gasteiger charge is 2.32. The summed E-state index contributed by atoms with van der Waals surface area (Å²) in [7, 11) is 2.15. The molecule has 2 unspecified atom stereocenters. The summed E-state index contributed by atoms with van der Waals surface area (Å²) in [6.07, 6.45) is 2.32. The number of aromatic carboxylic acids is 1. The number of nitrogens with zero attached hydrogens (tertiary/aromatic N) is 1. The Bertz CT molecular complexity index is 461. The van der Waals surface area contributed by atoms with Crippen LogP contribution in [-0.2, 0) is 0 Å². The first-order valence-corrected chi connectivity index (χ1v) is 7.21. The van der Waals surface area contributed by atoms with Gasteiger partial charge in [0.25, 0.3) is 0 Å². The topological polar surface area (TPSA) is 49.8 Å². The fourth-order valence-corrected chi connectivity index (χ4v) is 2.39. The molecule has 0 amide bonds.